The van der Waals surface area contributed by atoms with Gasteiger partial charge in [0, 0.05) is 56.3 Å². The number of nitrogens with one attached hydrogen (secondary N) is 1. The summed E-state index contributed by atoms with van der Waals surface area (Å²) in [6, 6.07) is 4.12. The summed E-state index contributed by atoms with van der Waals surface area (Å²) in [5, 5.41) is 4.60. The SMILES string of the molecule is COc1cc2c(cc1Nc1ncnc3sc4c(c13)CC[C@H](C(=O)N1CCN(CCN(C)C)CC1)C4)C=NC2. The van der Waals surface area contributed by atoms with Gasteiger partial charge in [-0.25, -0.2) is 9.97 Å². The first kappa shape index (κ1) is 25.2. The molecular weight excluding hydrogens is 498 g/mol. The summed E-state index contributed by atoms with van der Waals surface area (Å²) in [4.78, 5) is 36.1. The Hall–Kier alpha value is -3.08. The van der Waals surface area contributed by atoms with E-state index in [9.17, 15) is 4.79 Å². The van der Waals surface area contributed by atoms with Crippen LogP contribution in [0.15, 0.2) is 23.5 Å². The van der Waals surface area contributed by atoms with Gasteiger partial charge in [-0.05, 0) is 62.2 Å². The number of rotatable bonds is 7. The Morgan fingerprint density at radius 2 is 2.05 bits per heavy atom. The summed E-state index contributed by atoms with van der Waals surface area (Å²) in [5.74, 6) is 1.93. The predicted molar refractivity (Wildman–Crippen MR) is 152 cm³/mol. The highest BCUT2D eigenvalue weighted by Crippen LogP contribution is 2.42. The lowest BCUT2D eigenvalue weighted by Gasteiger charge is -2.37. The van der Waals surface area contributed by atoms with Crippen molar-refractivity contribution in [3.8, 4) is 5.75 Å². The molecule has 3 aromatic rings. The number of carbonyl (C=O) groups is 1. The van der Waals surface area contributed by atoms with Crippen LogP contribution in [0.1, 0.15) is 28.0 Å². The van der Waals surface area contributed by atoms with E-state index in [-0.39, 0.29) is 5.92 Å². The van der Waals surface area contributed by atoms with E-state index < -0.39 is 0 Å². The number of nitrogens with zero attached hydrogens (tertiary/aromatic N) is 6. The van der Waals surface area contributed by atoms with Crippen molar-refractivity contribution >= 4 is 45.2 Å². The van der Waals surface area contributed by atoms with Crippen molar-refractivity contribution in [3.05, 3.63) is 40.0 Å². The molecule has 0 unspecified atom stereocenters. The number of anilines is 2. The smallest absolute Gasteiger partial charge is 0.226 e. The Morgan fingerprint density at radius 3 is 2.84 bits per heavy atom. The first-order valence-corrected chi connectivity index (χ1v) is 14.2. The molecule has 38 heavy (non-hydrogen) atoms. The standard InChI is InChI=1S/C28H35N7O2S/c1-33(2)6-7-34-8-10-35(11-9-34)28(36)18-4-5-21-24(14-18)38-27-25(21)26(30-17-31-27)32-22-12-19-15-29-16-20(19)13-23(22)37-3/h12-13,15,17-18H,4-11,14,16H2,1-3H3,(H,30,31,32)/t18-/m0/s1. The molecule has 1 N–H and O–H groups in total. The van der Waals surface area contributed by atoms with Gasteiger partial charge >= 0.3 is 0 Å². The van der Waals surface area contributed by atoms with Crippen molar-refractivity contribution in [3.63, 3.8) is 0 Å². The highest BCUT2D eigenvalue weighted by molar-refractivity contribution is 7.19. The van der Waals surface area contributed by atoms with E-state index in [1.807, 2.05) is 12.3 Å². The van der Waals surface area contributed by atoms with Crippen LogP contribution in [0.5, 0.6) is 5.75 Å². The average molecular weight is 534 g/mol. The first-order chi connectivity index (χ1) is 18.5. The Bertz CT molecular complexity index is 1380. The third-order valence-electron chi connectivity index (χ3n) is 7.95. The second-order valence-electron chi connectivity index (χ2n) is 10.7. The maximum Gasteiger partial charge on any atom is 0.226 e. The average Bonchev–Trinajstić information content (AvgIpc) is 3.55. The first-order valence-electron chi connectivity index (χ1n) is 13.4. The van der Waals surface area contributed by atoms with Crippen LogP contribution in [0.3, 0.4) is 0 Å². The minimum Gasteiger partial charge on any atom is -0.495 e. The molecule has 1 aromatic carbocycles. The number of methoxy groups -OCH3 is 1. The largest absolute Gasteiger partial charge is 0.495 e. The maximum absolute atomic E-state index is 13.5. The van der Waals surface area contributed by atoms with Gasteiger partial charge in [0.1, 0.15) is 22.7 Å². The number of benzene rings is 1. The monoisotopic (exact) mass is 533 g/mol. The van der Waals surface area contributed by atoms with Gasteiger partial charge in [0.05, 0.1) is 24.7 Å². The number of hydrogen-bond donors (Lipinski definition) is 1. The number of ether oxygens (including phenoxy) is 1. The van der Waals surface area contributed by atoms with E-state index in [1.54, 1.807) is 24.8 Å². The van der Waals surface area contributed by atoms with Gasteiger partial charge in [-0.15, -0.1) is 11.3 Å². The number of likely N-dealkylation sites (N-methyl/N-ethyl adjacent to an activating group) is 1. The van der Waals surface area contributed by atoms with Gasteiger partial charge in [0.25, 0.3) is 0 Å². The Kier molecular flexibility index (Phi) is 7.03. The van der Waals surface area contributed by atoms with Crippen LogP contribution in [0.2, 0.25) is 0 Å². The summed E-state index contributed by atoms with van der Waals surface area (Å²) >= 11 is 1.70. The lowest BCUT2D eigenvalue weighted by atomic mass is 9.86. The summed E-state index contributed by atoms with van der Waals surface area (Å²) in [5.41, 5.74) is 4.42. The van der Waals surface area contributed by atoms with Crippen LogP contribution < -0.4 is 10.1 Å². The number of aryl methyl sites for hydroxylation is 1. The molecule has 1 atom stereocenters. The van der Waals surface area contributed by atoms with Gasteiger partial charge < -0.3 is 19.9 Å². The Morgan fingerprint density at radius 1 is 1.21 bits per heavy atom. The molecule has 4 heterocycles. The van der Waals surface area contributed by atoms with Crippen LogP contribution >= 0.6 is 11.3 Å². The zero-order valence-corrected chi connectivity index (χ0v) is 23.2. The lowest BCUT2D eigenvalue weighted by molar-refractivity contribution is -0.137. The molecule has 9 nitrogen and oxygen atoms in total. The number of thiophene rings is 1. The van der Waals surface area contributed by atoms with Gasteiger partial charge in [-0.3, -0.25) is 14.7 Å². The molecule has 10 heteroatoms. The van der Waals surface area contributed by atoms with Gasteiger partial charge in [0.15, 0.2) is 0 Å². The highest BCUT2D eigenvalue weighted by atomic mass is 32.1. The van der Waals surface area contributed by atoms with Gasteiger partial charge in [-0.2, -0.15) is 0 Å². The van der Waals surface area contributed by atoms with Crippen LogP contribution in [-0.4, -0.2) is 97.3 Å². The number of aromatic nitrogens is 2. The van der Waals surface area contributed by atoms with Crippen molar-refractivity contribution in [1.82, 2.24) is 24.7 Å². The number of aliphatic imine (C=N–C) groups is 1. The third-order valence-corrected chi connectivity index (χ3v) is 9.11. The van der Waals surface area contributed by atoms with Crippen LogP contribution in [0.4, 0.5) is 11.5 Å². The number of hydrogen-bond acceptors (Lipinski definition) is 9. The van der Waals surface area contributed by atoms with E-state index in [1.165, 1.54) is 16.0 Å². The zero-order valence-electron chi connectivity index (χ0n) is 22.4. The summed E-state index contributed by atoms with van der Waals surface area (Å²) in [7, 11) is 5.90. The third kappa shape index (κ3) is 4.88. The zero-order chi connectivity index (χ0) is 26.2. The van der Waals surface area contributed by atoms with Crippen molar-refractivity contribution in [2.45, 2.75) is 25.8 Å². The van der Waals surface area contributed by atoms with Crippen LogP contribution in [-0.2, 0) is 24.2 Å². The van der Waals surface area contributed by atoms with Crippen molar-refractivity contribution in [1.29, 1.82) is 0 Å². The summed E-state index contributed by atoms with van der Waals surface area (Å²) in [6.07, 6.45) is 6.04. The maximum atomic E-state index is 13.5. The lowest BCUT2D eigenvalue weighted by Crippen LogP contribution is -2.51. The fraction of sp³-hybridized carbons (Fsp3) is 0.500. The molecule has 1 aliphatic carbocycles. The molecule has 2 aromatic heterocycles. The van der Waals surface area contributed by atoms with Crippen molar-refractivity contribution < 1.29 is 9.53 Å². The fourth-order valence-corrected chi connectivity index (χ4v) is 7.01. The summed E-state index contributed by atoms with van der Waals surface area (Å²) < 4.78 is 5.67. The normalized spacial score (nSPS) is 19.2. The fourth-order valence-electron chi connectivity index (χ4n) is 5.74. The van der Waals surface area contributed by atoms with E-state index in [2.05, 4.69) is 55.1 Å². The number of fused-ring (bicyclic) bond motifs is 4. The molecule has 0 radical (unpaired) electrons. The molecule has 0 bridgehead atoms. The molecule has 1 amide bonds. The number of amides is 1. The Labute approximate surface area is 227 Å². The molecule has 0 saturated carbocycles. The van der Waals surface area contributed by atoms with E-state index in [0.717, 1.165) is 91.6 Å². The molecule has 200 valence electrons. The van der Waals surface area contributed by atoms with E-state index in [0.29, 0.717) is 12.5 Å². The van der Waals surface area contributed by atoms with Crippen LogP contribution in [0.25, 0.3) is 10.2 Å². The number of piperazine rings is 1. The minimum atomic E-state index is 0.0457. The van der Waals surface area contributed by atoms with Crippen molar-refractivity contribution in [2.75, 3.05) is 65.8 Å². The highest BCUT2D eigenvalue weighted by Gasteiger charge is 2.33. The van der Waals surface area contributed by atoms with E-state index in [4.69, 9.17) is 4.74 Å². The molecule has 1 fully saturated rings. The molecule has 6 rings (SSSR count). The second-order valence-corrected chi connectivity index (χ2v) is 11.7. The molecule has 1 saturated heterocycles. The second kappa shape index (κ2) is 10.6. The predicted octanol–water partition coefficient (Wildman–Crippen LogP) is 3.19. The van der Waals surface area contributed by atoms with E-state index >= 15 is 0 Å². The quantitative estimate of drug-likeness (QED) is 0.499. The molecule has 2 aliphatic heterocycles. The van der Waals surface area contributed by atoms with Gasteiger partial charge in [-0.1, -0.05) is 0 Å². The topological polar surface area (TPSA) is 86.2 Å². The van der Waals surface area contributed by atoms with Gasteiger partial charge in [0.2, 0.25) is 5.91 Å². The Balaban J connectivity index is 1.18. The van der Waals surface area contributed by atoms with Crippen molar-refractivity contribution in [2.24, 2.45) is 10.9 Å². The minimum absolute atomic E-state index is 0.0457. The summed E-state index contributed by atoms with van der Waals surface area (Å²) in [6.45, 7) is 6.38. The van der Waals surface area contributed by atoms with Crippen LogP contribution in [0, 0.1) is 5.92 Å². The number of carbonyl (C=O) groups excluding carboxylic acids is 1. The molecular formula is C28H35N7O2S. The molecule has 3 aliphatic rings. The molecule has 0 spiro atoms.